The van der Waals surface area contributed by atoms with Crippen molar-refractivity contribution in [2.75, 3.05) is 5.75 Å². The molecule has 0 aliphatic heterocycles. The molecule has 19 heavy (non-hydrogen) atoms. The van der Waals surface area contributed by atoms with Gasteiger partial charge in [0.1, 0.15) is 5.78 Å². The summed E-state index contributed by atoms with van der Waals surface area (Å²) < 4.78 is 29.5. The van der Waals surface area contributed by atoms with Gasteiger partial charge in [0.05, 0.1) is 5.75 Å². The predicted molar refractivity (Wildman–Crippen MR) is 77.8 cm³/mol. The van der Waals surface area contributed by atoms with E-state index in [1.54, 1.807) is 0 Å². The van der Waals surface area contributed by atoms with Crippen molar-refractivity contribution in [1.29, 1.82) is 0 Å². The molecule has 5 heteroatoms. The highest BCUT2D eigenvalue weighted by Gasteiger charge is 2.19. The lowest BCUT2D eigenvalue weighted by atomic mass is 9.88. The van der Waals surface area contributed by atoms with Crippen LogP contribution in [0.25, 0.3) is 0 Å². The SMILES string of the molecule is CC(C)(C)C(=O)CCCCCCCCCS(=O)(=O)O. The van der Waals surface area contributed by atoms with E-state index in [-0.39, 0.29) is 11.2 Å². The first-order valence-corrected chi connectivity index (χ1v) is 8.72. The Bertz CT molecular complexity index is 352. The first-order valence-electron chi connectivity index (χ1n) is 7.11. The van der Waals surface area contributed by atoms with Crippen LogP contribution in [0.3, 0.4) is 0 Å². The van der Waals surface area contributed by atoms with E-state index in [4.69, 9.17) is 4.55 Å². The average molecular weight is 292 g/mol. The molecule has 1 N–H and O–H groups in total. The fourth-order valence-corrected chi connectivity index (χ4v) is 2.40. The Labute approximate surface area is 117 Å². The molecule has 0 heterocycles. The van der Waals surface area contributed by atoms with Gasteiger partial charge in [-0.15, -0.1) is 0 Å². The molecule has 0 aliphatic rings. The van der Waals surface area contributed by atoms with Crippen LogP contribution in [0.15, 0.2) is 0 Å². The van der Waals surface area contributed by atoms with Gasteiger partial charge >= 0.3 is 0 Å². The highest BCUT2D eigenvalue weighted by atomic mass is 32.2. The van der Waals surface area contributed by atoms with E-state index in [1.165, 1.54) is 0 Å². The van der Waals surface area contributed by atoms with Crippen molar-refractivity contribution in [2.24, 2.45) is 5.41 Å². The van der Waals surface area contributed by atoms with Crippen LogP contribution in [0.1, 0.15) is 72.1 Å². The summed E-state index contributed by atoms with van der Waals surface area (Å²) in [5.74, 6) is 0.188. The smallest absolute Gasteiger partial charge is 0.264 e. The van der Waals surface area contributed by atoms with Crippen LogP contribution in [0.2, 0.25) is 0 Å². The van der Waals surface area contributed by atoms with E-state index in [2.05, 4.69) is 0 Å². The topological polar surface area (TPSA) is 71.4 Å². The van der Waals surface area contributed by atoms with Gasteiger partial charge in [0, 0.05) is 11.8 Å². The summed E-state index contributed by atoms with van der Waals surface area (Å²) in [6, 6.07) is 0. The zero-order valence-corrected chi connectivity index (χ0v) is 13.3. The second-order valence-corrected chi connectivity index (χ2v) is 7.76. The monoisotopic (exact) mass is 292 g/mol. The molecule has 0 aromatic heterocycles. The molecule has 0 amide bonds. The van der Waals surface area contributed by atoms with Crippen LogP contribution >= 0.6 is 0 Å². The molecule has 0 aromatic carbocycles. The minimum atomic E-state index is -3.79. The molecule has 0 unspecified atom stereocenters. The first kappa shape index (κ1) is 18.6. The first-order chi connectivity index (χ1) is 8.63. The molecule has 0 aromatic rings. The minimum Gasteiger partial charge on any atom is -0.299 e. The average Bonchev–Trinajstić information content (AvgIpc) is 2.23. The summed E-state index contributed by atoms with van der Waals surface area (Å²) >= 11 is 0. The molecule has 4 nitrogen and oxygen atoms in total. The van der Waals surface area contributed by atoms with Crippen LogP contribution in [0.5, 0.6) is 0 Å². The van der Waals surface area contributed by atoms with Crippen molar-refractivity contribution in [2.45, 2.75) is 72.1 Å². The minimum absolute atomic E-state index is 0.132. The van der Waals surface area contributed by atoms with Gasteiger partial charge in [-0.25, -0.2) is 0 Å². The third-order valence-electron chi connectivity index (χ3n) is 3.14. The highest BCUT2D eigenvalue weighted by molar-refractivity contribution is 7.85. The molecular weight excluding hydrogens is 264 g/mol. The lowest BCUT2D eigenvalue weighted by Crippen LogP contribution is -2.19. The Hall–Kier alpha value is -0.420. The number of Topliss-reactive ketones (excluding diaryl/α,β-unsaturated/α-hetero) is 1. The number of ketones is 1. The molecule has 0 saturated heterocycles. The fourth-order valence-electron chi connectivity index (χ4n) is 1.83. The summed E-state index contributed by atoms with van der Waals surface area (Å²) in [7, 11) is -3.79. The summed E-state index contributed by atoms with van der Waals surface area (Å²) in [6.45, 7) is 5.85. The number of hydrogen-bond donors (Lipinski definition) is 1. The number of rotatable bonds is 10. The van der Waals surface area contributed by atoms with Crippen molar-refractivity contribution >= 4 is 15.9 Å². The summed E-state index contributed by atoms with van der Waals surface area (Å²) in [5.41, 5.74) is -0.226. The van der Waals surface area contributed by atoms with Gasteiger partial charge < -0.3 is 0 Å². The van der Waals surface area contributed by atoms with Gasteiger partial charge in [-0.05, 0) is 12.8 Å². The van der Waals surface area contributed by atoms with Crippen molar-refractivity contribution in [1.82, 2.24) is 0 Å². The normalized spacial score (nSPS) is 12.6. The van der Waals surface area contributed by atoms with Gasteiger partial charge in [0.2, 0.25) is 0 Å². The van der Waals surface area contributed by atoms with E-state index in [0.29, 0.717) is 18.6 Å². The standard InChI is InChI=1S/C14H28O4S/c1-14(2,3)13(15)11-9-7-5-4-6-8-10-12-19(16,17)18/h4-12H2,1-3H3,(H,16,17,18). The number of hydrogen-bond acceptors (Lipinski definition) is 3. The van der Waals surface area contributed by atoms with Crippen molar-refractivity contribution in [3.8, 4) is 0 Å². The Morgan fingerprint density at radius 3 is 1.74 bits per heavy atom. The molecule has 0 atom stereocenters. The lowest BCUT2D eigenvalue weighted by molar-refractivity contribution is -0.126. The van der Waals surface area contributed by atoms with E-state index < -0.39 is 10.1 Å². The second-order valence-electron chi connectivity index (χ2n) is 6.18. The van der Waals surface area contributed by atoms with Crippen LogP contribution in [0, 0.1) is 5.41 Å². The van der Waals surface area contributed by atoms with Gasteiger partial charge in [-0.3, -0.25) is 9.35 Å². The zero-order valence-electron chi connectivity index (χ0n) is 12.4. The number of carbonyl (C=O) groups is 1. The van der Waals surface area contributed by atoms with Gasteiger partial charge in [-0.1, -0.05) is 52.9 Å². The molecular formula is C14H28O4S. The lowest BCUT2D eigenvalue weighted by Gasteiger charge is -2.16. The Morgan fingerprint density at radius 2 is 1.32 bits per heavy atom. The fraction of sp³-hybridized carbons (Fsp3) is 0.929. The molecule has 0 radical (unpaired) electrons. The van der Waals surface area contributed by atoms with Crippen LogP contribution < -0.4 is 0 Å². The number of carbonyl (C=O) groups excluding carboxylic acids is 1. The zero-order chi connectivity index (χ0) is 14.9. The summed E-state index contributed by atoms with van der Waals surface area (Å²) in [5, 5.41) is 0. The van der Waals surface area contributed by atoms with Crippen LogP contribution in [0.4, 0.5) is 0 Å². The molecule has 114 valence electrons. The van der Waals surface area contributed by atoms with E-state index >= 15 is 0 Å². The van der Waals surface area contributed by atoms with Gasteiger partial charge in [-0.2, -0.15) is 8.42 Å². The molecule has 0 bridgehead atoms. The van der Waals surface area contributed by atoms with E-state index in [9.17, 15) is 13.2 Å². The maximum absolute atomic E-state index is 11.7. The molecule has 0 rings (SSSR count). The largest absolute Gasteiger partial charge is 0.299 e. The molecule has 0 saturated carbocycles. The van der Waals surface area contributed by atoms with Gasteiger partial charge in [0.25, 0.3) is 10.1 Å². The molecule has 0 aliphatic carbocycles. The quantitative estimate of drug-likeness (QED) is 0.493. The number of unbranched alkanes of at least 4 members (excludes halogenated alkanes) is 6. The van der Waals surface area contributed by atoms with Crippen molar-refractivity contribution in [3.05, 3.63) is 0 Å². The third-order valence-corrected chi connectivity index (χ3v) is 3.95. The Kier molecular flexibility index (Phi) is 8.50. The summed E-state index contributed by atoms with van der Waals surface area (Å²) in [4.78, 5) is 11.7. The maximum atomic E-state index is 11.7. The predicted octanol–water partition coefficient (Wildman–Crippen LogP) is 3.61. The molecule has 0 spiro atoms. The highest BCUT2D eigenvalue weighted by Crippen LogP contribution is 2.19. The van der Waals surface area contributed by atoms with E-state index in [1.807, 2.05) is 20.8 Å². The van der Waals surface area contributed by atoms with Gasteiger partial charge in [0.15, 0.2) is 0 Å². The Morgan fingerprint density at radius 1 is 0.895 bits per heavy atom. The second kappa shape index (κ2) is 8.69. The van der Waals surface area contributed by atoms with Crippen molar-refractivity contribution < 1.29 is 17.8 Å². The van der Waals surface area contributed by atoms with Crippen LogP contribution in [-0.2, 0) is 14.9 Å². The van der Waals surface area contributed by atoms with Crippen molar-refractivity contribution in [3.63, 3.8) is 0 Å². The molecule has 0 fully saturated rings. The Balaban J connectivity index is 3.35. The maximum Gasteiger partial charge on any atom is 0.264 e. The van der Waals surface area contributed by atoms with Crippen LogP contribution in [-0.4, -0.2) is 24.5 Å². The summed E-state index contributed by atoms with van der Waals surface area (Å²) in [6.07, 6.45) is 7.16. The third kappa shape index (κ3) is 12.4. The van der Waals surface area contributed by atoms with E-state index in [0.717, 1.165) is 38.5 Å².